The van der Waals surface area contributed by atoms with E-state index in [1.165, 1.54) is 13.8 Å². The van der Waals surface area contributed by atoms with Crippen molar-refractivity contribution >= 4 is 6.08 Å². The highest BCUT2D eigenvalue weighted by Gasteiger charge is 2.41. The lowest BCUT2D eigenvalue weighted by Gasteiger charge is -2.30. The van der Waals surface area contributed by atoms with Gasteiger partial charge in [-0.15, -0.1) is 0 Å². The summed E-state index contributed by atoms with van der Waals surface area (Å²) in [6.45, 7) is 4.15. The molecule has 3 rings (SSSR count). The zero-order chi connectivity index (χ0) is 16.5. The number of halogens is 1. The molecule has 0 spiro atoms. The molecule has 0 atom stereocenters. The maximum Gasteiger partial charge on any atom is 0.235 e. The highest BCUT2D eigenvalue weighted by atomic mass is 19.1. The standard InChI is InChI=1S/C18H22FNO3/c1-17(2,19)13-10-15-16(23-9-5-8-22-15)11-14(13)18(20-12-21)6-3-4-7-18/h10-11H,3-9H2,1-2H3. The summed E-state index contributed by atoms with van der Waals surface area (Å²) < 4.78 is 26.3. The number of carbonyl (C=O) groups excluding carboxylic acids is 1. The van der Waals surface area contributed by atoms with Crippen molar-refractivity contribution in [3.63, 3.8) is 0 Å². The predicted octanol–water partition coefficient (Wildman–Crippen LogP) is 4.16. The molecule has 1 aliphatic heterocycles. The van der Waals surface area contributed by atoms with Gasteiger partial charge in [0.05, 0.1) is 18.8 Å². The molecule has 1 aromatic rings. The quantitative estimate of drug-likeness (QED) is 0.621. The first-order valence-electron chi connectivity index (χ1n) is 8.19. The molecule has 0 bridgehead atoms. The smallest absolute Gasteiger partial charge is 0.235 e. The van der Waals surface area contributed by atoms with Gasteiger partial charge in [0.15, 0.2) is 11.5 Å². The van der Waals surface area contributed by atoms with Crippen molar-refractivity contribution in [2.45, 2.75) is 57.2 Å². The third-order valence-corrected chi connectivity index (χ3v) is 4.72. The summed E-state index contributed by atoms with van der Waals surface area (Å²) in [5, 5.41) is 0. The van der Waals surface area contributed by atoms with Crippen molar-refractivity contribution in [3.05, 3.63) is 23.3 Å². The van der Waals surface area contributed by atoms with Crippen LogP contribution >= 0.6 is 0 Å². The Kier molecular flexibility index (Phi) is 4.15. The van der Waals surface area contributed by atoms with Crippen molar-refractivity contribution in [1.82, 2.24) is 0 Å². The van der Waals surface area contributed by atoms with Crippen molar-refractivity contribution in [3.8, 4) is 11.5 Å². The van der Waals surface area contributed by atoms with E-state index in [2.05, 4.69) is 4.99 Å². The molecule has 2 aliphatic rings. The SMILES string of the molecule is CC(C)(F)c1cc2c(cc1C1(N=C=O)CCCC1)OCCCO2. The lowest BCUT2D eigenvalue weighted by molar-refractivity contribution is 0.214. The van der Waals surface area contributed by atoms with Gasteiger partial charge in [0.2, 0.25) is 6.08 Å². The van der Waals surface area contributed by atoms with Gasteiger partial charge in [0.1, 0.15) is 5.67 Å². The fraction of sp³-hybridized carbons (Fsp3) is 0.611. The second kappa shape index (κ2) is 5.97. The summed E-state index contributed by atoms with van der Waals surface area (Å²) in [6, 6.07) is 3.54. The fourth-order valence-electron chi connectivity index (χ4n) is 3.57. The third kappa shape index (κ3) is 2.98. The van der Waals surface area contributed by atoms with Gasteiger partial charge in [-0.25, -0.2) is 9.18 Å². The summed E-state index contributed by atoms with van der Waals surface area (Å²) >= 11 is 0. The number of benzene rings is 1. The summed E-state index contributed by atoms with van der Waals surface area (Å²) in [4.78, 5) is 15.1. The molecule has 0 aromatic heterocycles. The number of fused-ring (bicyclic) bond motifs is 1. The summed E-state index contributed by atoms with van der Waals surface area (Å²) in [6.07, 6.45) is 5.87. The summed E-state index contributed by atoms with van der Waals surface area (Å²) in [7, 11) is 0. The van der Waals surface area contributed by atoms with Crippen LogP contribution in [0, 0.1) is 0 Å². The molecule has 4 nitrogen and oxygen atoms in total. The molecule has 5 heteroatoms. The zero-order valence-electron chi connectivity index (χ0n) is 13.7. The number of aliphatic imine (C=N–C) groups is 1. The van der Waals surface area contributed by atoms with Gasteiger partial charge >= 0.3 is 0 Å². The van der Waals surface area contributed by atoms with E-state index in [0.717, 1.165) is 37.7 Å². The Morgan fingerprint density at radius 1 is 1.13 bits per heavy atom. The zero-order valence-corrected chi connectivity index (χ0v) is 13.7. The Bertz CT molecular complexity index is 638. The van der Waals surface area contributed by atoms with Crippen LogP contribution in [0.2, 0.25) is 0 Å². The maximum absolute atomic E-state index is 14.9. The second-order valence-electron chi connectivity index (χ2n) is 6.81. The number of alkyl halides is 1. The lowest BCUT2D eigenvalue weighted by atomic mass is 9.81. The number of nitrogens with zero attached hydrogens (tertiary/aromatic N) is 1. The van der Waals surface area contributed by atoms with Crippen molar-refractivity contribution in [2.24, 2.45) is 4.99 Å². The molecule has 124 valence electrons. The minimum absolute atomic E-state index is 0.516. The van der Waals surface area contributed by atoms with Crippen LogP contribution in [0.3, 0.4) is 0 Å². The normalized spacial score (nSPS) is 19.8. The largest absolute Gasteiger partial charge is 0.490 e. The van der Waals surface area contributed by atoms with Gasteiger partial charge in [-0.2, -0.15) is 4.99 Å². The molecular formula is C18H22FNO3. The Morgan fingerprint density at radius 2 is 1.74 bits per heavy atom. The van der Waals surface area contributed by atoms with Gasteiger partial charge < -0.3 is 9.47 Å². The van der Waals surface area contributed by atoms with Gasteiger partial charge in [0, 0.05) is 6.42 Å². The highest BCUT2D eigenvalue weighted by molar-refractivity contribution is 5.53. The van der Waals surface area contributed by atoms with E-state index in [9.17, 15) is 9.18 Å². The maximum atomic E-state index is 14.9. The molecule has 1 aliphatic carbocycles. The van der Waals surface area contributed by atoms with Gasteiger partial charge in [-0.05, 0) is 49.9 Å². The molecule has 23 heavy (non-hydrogen) atoms. The topological polar surface area (TPSA) is 47.9 Å². The van der Waals surface area contributed by atoms with Crippen LogP contribution in [0.1, 0.15) is 57.1 Å². The average molecular weight is 319 g/mol. The minimum atomic E-state index is -1.56. The first-order chi connectivity index (χ1) is 11.0. The van der Waals surface area contributed by atoms with Crippen molar-refractivity contribution < 1.29 is 18.7 Å². The average Bonchev–Trinajstić information content (AvgIpc) is 2.84. The highest BCUT2D eigenvalue weighted by Crippen LogP contribution is 2.49. The van der Waals surface area contributed by atoms with Crippen LogP contribution in [-0.4, -0.2) is 19.3 Å². The van der Waals surface area contributed by atoms with E-state index in [1.54, 1.807) is 12.1 Å². The van der Waals surface area contributed by atoms with Gasteiger partial charge in [-0.1, -0.05) is 12.8 Å². The lowest BCUT2D eigenvalue weighted by Crippen LogP contribution is -2.25. The monoisotopic (exact) mass is 319 g/mol. The summed E-state index contributed by atoms with van der Waals surface area (Å²) in [5.41, 5.74) is -1.00. The van der Waals surface area contributed by atoms with Crippen molar-refractivity contribution in [1.29, 1.82) is 0 Å². The second-order valence-corrected chi connectivity index (χ2v) is 6.81. The van der Waals surface area contributed by atoms with Gasteiger partial charge in [0.25, 0.3) is 0 Å². The third-order valence-electron chi connectivity index (χ3n) is 4.72. The predicted molar refractivity (Wildman–Crippen MR) is 84.5 cm³/mol. The molecule has 1 heterocycles. The van der Waals surface area contributed by atoms with Crippen LogP contribution in [0.15, 0.2) is 17.1 Å². The van der Waals surface area contributed by atoms with Crippen molar-refractivity contribution in [2.75, 3.05) is 13.2 Å². The van der Waals surface area contributed by atoms with E-state index >= 15 is 0 Å². The first kappa shape index (κ1) is 16.0. The molecule has 0 unspecified atom stereocenters. The molecule has 1 fully saturated rings. The van der Waals surface area contributed by atoms with Gasteiger partial charge in [-0.3, -0.25) is 0 Å². The van der Waals surface area contributed by atoms with E-state index < -0.39 is 11.2 Å². The van der Waals surface area contributed by atoms with Crippen LogP contribution in [0.25, 0.3) is 0 Å². The Labute approximate surface area is 135 Å². The summed E-state index contributed by atoms with van der Waals surface area (Å²) in [5.74, 6) is 1.17. The Hall–Kier alpha value is -1.87. The van der Waals surface area contributed by atoms with E-state index in [4.69, 9.17) is 9.47 Å². The number of rotatable bonds is 3. The first-order valence-corrected chi connectivity index (χ1v) is 8.19. The van der Waals surface area contributed by atoms with E-state index in [-0.39, 0.29) is 0 Å². The van der Waals surface area contributed by atoms with E-state index in [1.807, 2.05) is 6.07 Å². The number of isocyanates is 1. The number of hydrogen-bond acceptors (Lipinski definition) is 4. The fourth-order valence-corrected chi connectivity index (χ4v) is 3.57. The molecule has 0 amide bonds. The molecule has 1 aromatic carbocycles. The Morgan fingerprint density at radius 3 is 2.30 bits per heavy atom. The van der Waals surface area contributed by atoms with Crippen LogP contribution < -0.4 is 9.47 Å². The molecular weight excluding hydrogens is 297 g/mol. The minimum Gasteiger partial charge on any atom is -0.490 e. The van der Waals surface area contributed by atoms with Crippen LogP contribution in [0.4, 0.5) is 4.39 Å². The number of ether oxygens (including phenoxy) is 2. The van der Waals surface area contributed by atoms with E-state index in [0.29, 0.717) is 30.3 Å². The van der Waals surface area contributed by atoms with Crippen LogP contribution in [-0.2, 0) is 16.0 Å². The molecule has 0 N–H and O–H groups in total. The molecule has 1 saturated carbocycles. The van der Waals surface area contributed by atoms with Crippen LogP contribution in [0.5, 0.6) is 11.5 Å². The molecule has 0 radical (unpaired) electrons. The Balaban J connectivity index is 2.21. The number of hydrogen-bond donors (Lipinski definition) is 0. The molecule has 0 saturated heterocycles.